The Hall–Kier alpha value is 0.250. The van der Waals surface area contributed by atoms with Gasteiger partial charge in [0.15, 0.2) is 0 Å². The Morgan fingerprint density at radius 1 is 1.07 bits per heavy atom. The van der Waals surface area contributed by atoms with Crippen molar-refractivity contribution in [1.82, 2.24) is 0 Å². The lowest BCUT2D eigenvalue weighted by molar-refractivity contribution is 0.344. The van der Waals surface area contributed by atoms with Crippen LogP contribution in [0.1, 0.15) is 59.8 Å². The normalized spacial score (nSPS) is 19.6. The molecular formula is C13H28ClN. The lowest BCUT2D eigenvalue weighted by Gasteiger charge is -2.24. The largest absolute Gasteiger partial charge is 0.327 e. The molecule has 1 nitrogen and oxygen atoms in total. The predicted molar refractivity (Wildman–Crippen MR) is 70.4 cm³/mol. The second-order valence-electron chi connectivity index (χ2n) is 5.03. The second-order valence-corrected chi connectivity index (χ2v) is 5.72. The molecule has 0 aliphatic rings. The minimum atomic E-state index is 0.235. The number of hydrogen-bond acceptors (Lipinski definition) is 1. The SMILES string of the molecule is CCCCCC(C)C(N)CC(C)C(C)Cl. The summed E-state index contributed by atoms with van der Waals surface area (Å²) in [5, 5.41) is 0.235. The van der Waals surface area contributed by atoms with Gasteiger partial charge in [-0.1, -0.05) is 40.0 Å². The van der Waals surface area contributed by atoms with Crippen LogP contribution in [0.25, 0.3) is 0 Å². The van der Waals surface area contributed by atoms with Gasteiger partial charge in [0.1, 0.15) is 0 Å². The van der Waals surface area contributed by atoms with E-state index >= 15 is 0 Å². The highest BCUT2D eigenvalue weighted by Gasteiger charge is 2.18. The molecule has 0 spiro atoms. The number of alkyl halides is 1. The molecule has 0 radical (unpaired) electrons. The van der Waals surface area contributed by atoms with Gasteiger partial charge >= 0.3 is 0 Å². The summed E-state index contributed by atoms with van der Waals surface area (Å²) in [5.41, 5.74) is 6.18. The van der Waals surface area contributed by atoms with Crippen molar-refractivity contribution in [3.8, 4) is 0 Å². The highest BCUT2D eigenvalue weighted by molar-refractivity contribution is 6.20. The van der Waals surface area contributed by atoms with E-state index in [0.29, 0.717) is 17.9 Å². The van der Waals surface area contributed by atoms with Crippen molar-refractivity contribution in [3.05, 3.63) is 0 Å². The van der Waals surface area contributed by atoms with Gasteiger partial charge in [-0.25, -0.2) is 0 Å². The number of nitrogens with two attached hydrogens (primary N) is 1. The first-order valence-electron chi connectivity index (χ1n) is 6.38. The van der Waals surface area contributed by atoms with Crippen LogP contribution >= 0.6 is 11.6 Å². The summed E-state index contributed by atoms with van der Waals surface area (Å²) >= 11 is 6.05. The standard InChI is InChI=1S/C13H28ClN/c1-5-6-7-8-10(2)13(15)9-11(3)12(4)14/h10-13H,5-9,15H2,1-4H3. The van der Waals surface area contributed by atoms with E-state index in [-0.39, 0.29) is 5.38 Å². The molecular weight excluding hydrogens is 206 g/mol. The van der Waals surface area contributed by atoms with Gasteiger partial charge in [-0.05, 0) is 31.6 Å². The fourth-order valence-electron chi connectivity index (χ4n) is 1.78. The van der Waals surface area contributed by atoms with Crippen molar-refractivity contribution in [2.75, 3.05) is 0 Å². The fourth-order valence-corrected chi connectivity index (χ4v) is 1.88. The van der Waals surface area contributed by atoms with Gasteiger partial charge in [0.05, 0.1) is 0 Å². The minimum absolute atomic E-state index is 0.235. The van der Waals surface area contributed by atoms with Gasteiger partial charge in [0.25, 0.3) is 0 Å². The van der Waals surface area contributed by atoms with Crippen molar-refractivity contribution < 1.29 is 0 Å². The molecule has 0 fully saturated rings. The highest BCUT2D eigenvalue weighted by atomic mass is 35.5. The summed E-state index contributed by atoms with van der Waals surface area (Å²) in [4.78, 5) is 0. The summed E-state index contributed by atoms with van der Waals surface area (Å²) in [6.07, 6.45) is 6.25. The number of hydrogen-bond donors (Lipinski definition) is 1. The average molecular weight is 234 g/mol. The molecule has 92 valence electrons. The smallest absolute Gasteiger partial charge is 0.0334 e. The lowest BCUT2D eigenvalue weighted by atomic mass is 9.88. The topological polar surface area (TPSA) is 26.0 Å². The molecule has 0 saturated carbocycles. The molecule has 2 heteroatoms. The van der Waals surface area contributed by atoms with Crippen LogP contribution in [0.4, 0.5) is 0 Å². The van der Waals surface area contributed by atoms with Crippen LogP contribution in [-0.4, -0.2) is 11.4 Å². The van der Waals surface area contributed by atoms with Crippen molar-refractivity contribution >= 4 is 11.6 Å². The van der Waals surface area contributed by atoms with Crippen LogP contribution < -0.4 is 5.73 Å². The summed E-state index contributed by atoms with van der Waals surface area (Å²) in [5.74, 6) is 1.16. The molecule has 0 aliphatic heterocycles. The third-order valence-electron chi connectivity index (χ3n) is 3.42. The molecule has 0 aromatic carbocycles. The summed E-state index contributed by atoms with van der Waals surface area (Å²) in [7, 11) is 0. The van der Waals surface area contributed by atoms with E-state index in [1.165, 1.54) is 25.7 Å². The number of unbranched alkanes of at least 4 members (excludes halogenated alkanes) is 2. The Balaban J connectivity index is 3.72. The molecule has 4 unspecified atom stereocenters. The van der Waals surface area contributed by atoms with Gasteiger partial charge < -0.3 is 5.73 Å². The van der Waals surface area contributed by atoms with E-state index in [2.05, 4.69) is 27.7 Å². The third-order valence-corrected chi connectivity index (χ3v) is 3.85. The molecule has 2 N–H and O–H groups in total. The maximum atomic E-state index is 6.18. The van der Waals surface area contributed by atoms with Crippen molar-refractivity contribution in [2.24, 2.45) is 17.6 Å². The van der Waals surface area contributed by atoms with Gasteiger partial charge in [0.2, 0.25) is 0 Å². The minimum Gasteiger partial charge on any atom is -0.327 e. The first kappa shape index (κ1) is 15.2. The maximum absolute atomic E-state index is 6.18. The Bertz CT molecular complexity index is 147. The molecule has 0 amide bonds. The van der Waals surface area contributed by atoms with Crippen LogP contribution in [0.3, 0.4) is 0 Å². The van der Waals surface area contributed by atoms with Crippen LogP contribution in [0.5, 0.6) is 0 Å². The second kappa shape index (κ2) is 8.41. The Labute approximate surface area is 101 Å². The zero-order valence-corrected chi connectivity index (χ0v) is 11.6. The zero-order valence-electron chi connectivity index (χ0n) is 10.8. The third kappa shape index (κ3) is 7.19. The van der Waals surface area contributed by atoms with E-state index in [9.17, 15) is 0 Å². The van der Waals surface area contributed by atoms with Crippen LogP contribution in [0, 0.1) is 11.8 Å². The molecule has 15 heavy (non-hydrogen) atoms. The monoisotopic (exact) mass is 233 g/mol. The average Bonchev–Trinajstić information content (AvgIpc) is 2.17. The predicted octanol–water partition coefficient (Wildman–Crippen LogP) is 4.18. The summed E-state index contributed by atoms with van der Waals surface area (Å²) in [6, 6.07) is 0.318. The molecule has 0 heterocycles. The van der Waals surface area contributed by atoms with Crippen LogP contribution in [-0.2, 0) is 0 Å². The molecule has 0 aromatic heterocycles. The zero-order chi connectivity index (χ0) is 11.8. The van der Waals surface area contributed by atoms with Crippen molar-refractivity contribution in [1.29, 1.82) is 0 Å². The van der Waals surface area contributed by atoms with E-state index in [1.54, 1.807) is 0 Å². The van der Waals surface area contributed by atoms with Gasteiger partial charge in [-0.3, -0.25) is 0 Å². The quantitative estimate of drug-likeness (QED) is 0.494. The van der Waals surface area contributed by atoms with E-state index in [1.807, 2.05) is 0 Å². The molecule has 0 bridgehead atoms. The Kier molecular flexibility index (Phi) is 8.55. The van der Waals surface area contributed by atoms with Crippen LogP contribution in [0.15, 0.2) is 0 Å². The summed E-state index contributed by atoms with van der Waals surface area (Å²) < 4.78 is 0. The van der Waals surface area contributed by atoms with Crippen molar-refractivity contribution in [3.63, 3.8) is 0 Å². The number of halogens is 1. The molecule has 4 atom stereocenters. The summed E-state index contributed by atoms with van der Waals surface area (Å²) in [6.45, 7) is 8.75. The maximum Gasteiger partial charge on any atom is 0.0334 e. The number of rotatable bonds is 8. The highest BCUT2D eigenvalue weighted by Crippen LogP contribution is 2.21. The van der Waals surface area contributed by atoms with E-state index in [0.717, 1.165) is 6.42 Å². The van der Waals surface area contributed by atoms with Gasteiger partial charge in [0, 0.05) is 11.4 Å². The van der Waals surface area contributed by atoms with Crippen molar-refractivity contribution in [2.45, 2.75) is 71.2 Å². The first-order chi connectivity index (χ1) is 6.99. The molecule has 0 aliphatic carbocycles. The fraction of sp³-hybridized carbons (Fsp3) is 1.00. The van der Waals surface area contributed by atoms with Crippen LogP contribution in [0.2, 0.25) is 0 Å². The molecule has 0 rings (SSSR count). The van der Waals surface area contributed by atoms with E-state index < -0.39 is 0 Å². The lowest BCUT2D eigenvalue weighted by Crippen LogP contribution is -2.31. The van der Waals surface area contributed by atoms with Gasteiger partial charge in [-0.2, -0.15) is 0 Å². The Morgan fingerprint density at radius 2 is 1.67 bits per heavy atom. The van der Waals surface area contributed by atoms with E-state index in [4.69, 9.17) is 17.3 Å². The molecule has 0 saturated heterocycles. The van der Waals surface area contributed by atoms with Gasteiger partial charge in [-0.15, -0.1) is 11.6 Å². The first-order valence-corrected chi connectivity index (χ1v) is 6.82. The Morgan fingerprint density at radius 3 is 2.13 bits per heavy atom. The molecule has 0 aromatic rings.